The molecule has 1 radical (unpaired) electrons. The van der Waals surface area contributed by atoms with E-state index in [1.807, 2.05) is 0 Å². The molecule has 0 heterocycles. The summed E-state index contributed by atoms with van der Waals surface area (Å²) in [5, 5.41) is 0. The summed E-state index contributed by atoms with van der Waals surface area (Å²) in [6, 6.07) is 0. The Hall–Kier alpha value is 0.479. The molecule has 0 unspecified atom stereocenters. The quantitative estimate of drug-likeness (QED) is 0.334. The number of rotatable bonds is 9. The van der Waals surface area contributed by atoms with Crippen molar-refractivity contribution in [3.63, 3.8) is 0 Å². The Balaban J connectivity index is 0. The van der Waals surface area contributed by atoms with Gasteiger partial charge in [-0.05, 0) is 12.8 Å². The Morgan fingerprint density at radius 2 is 1.07 bits per heavy atom. The van der Waals surface area contributed by atoms with E-state index in [0.717, 1.165) is 4.48 Å². The van der Waals surface area contributed by atoms with Gasteiger partial charge in [-0.1, -0.05) is 45.4 Å². The number of hydrogen-bond acceptors (Lipinski definition) is 0. The molecule has 0 aromatic heterocycles. The van der Waals surface area contributed by atoms with Gasteiger partial charge in [-0.2, -0.15) is 0 Å². The van der Waals surface area contributed by atoms with Gasteiger partial charge in [0.2, 0.25) is 0 Å². The average molecular weight is 255 g/mol. The molecular formula is C13H30MnN+. The Morgan fingerprint density at radius 1 is 0.667 bits per heavy atom. The predicted molar refractivity (Wildman–Crippen MR) is 65.5 cm³/mol. The summed E-state index contributed by atoms with van der Waals surface area (Å²) in [4.78, 5) is 0. The second kappa shape index (κ2) is 11.0. The third-order valence-electron chi connectivity index (χ3n) is 2.68. The summed E-state index contributed by atoms with van der Waals surface area (Å²) in [5.41, 5.74) is 0. The SMILES string of the molecule is CCCCCCCCCC[N+](C)(C)C.[Mn]. The predicted octanol–water partition coefficient (Wildman–Crippen LogP) is 3.83. The van der Waals surface area contributed by atoms with Crippen molar-refractivity contribution >= 4 is 0 Å². The summed E-state index contributed by atoms with van der Waals surface area (Å²) in [6.07, 6.45) is 11.4. The van der Waals surface area contributed by atoms with Crippen molar-refractivity contribution in [3.8, 4) is 0 Å². The van der Waals surface area contributed by atoms with Crippen LogP contribution in [-0.4, -0.2) is 32.2 Å². The first-order valence-electron chi connectivity index (χ1n) is 6.36. The number of hydrogen-bond donors (Lipinski definition) is 0. The van der Waals surface area contributed by atoms with Crippen LogP contribution in [0.2, 0.25) is 0 Å². The van der Waals surface area contributed by atoms with Gasteiger partial charge in [0.05, 0.1) is 27.7 Å². The van der Waals surface area contributed by atoms with E-state index in [1.165, 1.54) is 57.9 Å². The molecular weight excluding hydrogens is 225 g/mol. The summed E-state index contributed by atoms with van der Waals surface area (Å²) in [7, 11) is 6.84. The van der Waals surface area contributed by atoms with Crippen LogP contribution in [0.5, 0.6) is 0 Å². The molecule has 15 heavy (non-hydrogen) atoms. The third kappa shape index (κ3) is 17.1. The zero-order valence-corrected chi connectivity index (χ0v) is 12.4. The maximum absolute atomic E-state index is 2.28. The van der Waals surface area contributed by atoms with Gasteiger partial charge in [-0.25, -0.2) is 0 Å². The minimum atomic E-state index is 0. The smallest absolute Gasteiger partial charge is 0.0780 e. The van der Waals surface area contributed by atoms with E-state index in [9.17, 15) is 0 Å². The van der Waals surface area contributed by atoms with E-state index in [0.29, 0.717) is 0 Å². The fourth-order valence-corrected chi connectivity index (χ4v) is 1.72. The van der Waals surface area contributed by atoms with Crippen LogP contribution in [0.1, 0.15) is 58.3 Å². The molecule has 0 aliphatic carbocycles. The first-order valence-corrected chi connectivity index (χ1v) is 6.36. The molecule has 0 bridgehead atoms. The molecule has 0 N–H and O–H groups in total. The van der Waals surface area contributed by atoms with Crippen molar-refractivity contribution in [2.24, 2.45) is 0 Å². The van der Waals surface area contributed by atoms with Crippen LogP contribution in [0.3, 0.4) is 0 Å². The Labute approximate surface area is 108 Å². The Kier molecular flexibility index (Phi) is 13.1. The molecule has 0 saturated heterocycles. The monoisotopic (exact) mass is 255 g/mol. The molecule has 0 amide bonds. The maximum atomic E-state index is 2.28. The van der Waals surface area contributed by atoms with Crippen molar-refractivity contribution in [2.75, 3.05) is 27.7 Å². The first-order chi connectivity index (χ1) is 6.56. The second-order valence-corrected chi connectivity index (χ2v) is 5.49. The zero-order chi connectivity index (χ0) is 10.9. The molecule has 0 saturated carbocycles. The summed E-state index contributed by atoms with van der Waals surface area (Å²) in [5.74, 6) is 0. The molecule has 2 heteroatoms. The van der Waals surface area contributed by atoms with E-state index in [1.54, 1.807) is 0 Å². The van der Waals surface area contributed by atoms with Gasteiger partial charge in [0.1, 0.15) is 0 Å². The van der Waals surface area contributed by atoms with Gasteiger partial charge < -0.3 is 4.48 Å². The summed E-state index contributed by atoms with van der Waals surface area (Å²) < 4.78 is 1.12. The molecule has 1 nitrogen and oxygen atoms in total. The van der Waals surface area contributed by atoms with E-state index < -0.39 is 0 Å². The minimum Gasteiger partial charge on any atom is -0.331 e. The topological polar surface area (TPSA) is 0 Å². The average Bonchev–Trinajstić information content (AvgIpc) is 2.08. The van der Waals surface area contributed by atoms with Crippen molar-refractivity contribution in [1.29, 1.82) is 0 Å². The number of quaternary nitrogens is 1. The van der Waals surface area contributed by atoms with Crippen LogP contribution in [0.15, 0.2) is 0 Å². The van der Waals surface area contributed by atoms with Gasteiger partial charge in [0, 0.05) is 17.1 Å². The number of nitrogens with zero attached hydrogens (tertiary/aromatic N) is 1. The molecule has 0 aromatic carbocycles. The molecule has 0 rings (SSSR count). The largest absolute Gasteiger partial charge is 0.331 e. The van der Waals surface area contributed by atoms with Crippen molar-refractivity contribution < 1.29 is 21.6 Å². The molecule has 0 fully saturated rings. The van der Waals surface area contributed by atoms with Crippen LogP contribution in [0, 0.1) is 0 Å². The molecule has 0 spiro atoms. The van der Waals surface area contributed by atoms with Crippen LogP contribution in [0.25, 0.3) is 0 Å². The van der Waals surface area contributed by atoms with E-state index >= 15 is 0 Å². The van der Waals surface area contributed by atoms with Crippen LogP contribution >= 0.6 is 0 Å². The van der Waals surface area contributed by atoms with Crippen LogP contribution in [0.4, 0.5) is 0 Å². The molecule has 93 valence electrons. The summed E-state index contributed by atoms with van der Waals surface area (Å²) >= 11 is 0. The van der Waals surface area contributed by atoms with Crippen LogP contribution < -0.4 is 0 Å². The van der Waals surface area contributed by atoms with Crippen LogP contribution in [-0.2, 0) is 17.1 Å². The van der Waals surface area contributed by atoms with E-state index in [-0.39, 0.29) is 17.1 Å². The number of unbranched alkanes of at least 4 members (excludes halogenated alkanes) is 7. The van der Waals surface area contributed by atoms with Crippen molar-refractivity contribution in [2.45, 2.75) is 58.3 Å². The minimum absolute atomic E-state index is 0. The Morgan fingerprint density at radius 3 is 1.47 bits per heavy atom. The standard InChI is InChI=1S/C13H30N.Mn/c1-5-6-7-8-9-10-11-12-13-14(2,3)4;/h5-13H2,1-4H3;/q+1;. The maximum Gasteiger partial charge on any atom is 0.0780 e. The fraction of sp³-hybridized carbons (Fsp3) is 1.00. The van der Waals surface area contributed by atoms with Gasteiger partial charge in [0.25, 0.3) is 0 Å². The van der Waals surface area contributed by atoms with Gasteiger partial charge in [-0.3, -0.25) is 0 Å². The van der Waals surface area contributed by atoms with E-state index in [2.05, 4.69) is 28.1 Å². The normalized spacial score (nSPS) is 11.2. The first kappa shape index (κ1) is 17.9. The molecule has 0 atom stereocenters. The van der Waals surface area contributed by atoms with Gasteiger partial charge >= 0.3 is 0 Å². The fourth-order valence-electron chi connectivity index (χ4n) is 1.72. The second-order valence-electron chi connectivity index (χ2n) is 5.49. The van der Waals surface area contributed by atoms with Crippen molar-refractivity contribution in [1.82, 2.24) is 0 Å². The summed E-state index contributed by atoms with van der Waals surface area (Å²) in [6.45, 7) is 3.61. The van der Waals surface area contributed by atoms with Gasteiger partial charge in [0.15, 0.2) is 0 Å². The Bertz CT molecular complexity index is 118. The molecule has 0 aliphatic heterocycles. The van der Waals surface area contributed by atoms with E-state index in [4.69, 9.17) is 0 Å². The van der Waals surface area contributed by atoms with Gasteiger partial charge in [-0.15, -0.1) is 0 Å². The molecule has 0 aliphatic rings. The van der Waals surface area contributed by atoms with Crippen molar-refractivity contribution in [3.05, 3.63) is 0 Å². The third-order valence-corrected chi connectivity index (χ3v) is 2.68. The zero-order valence-electron chi connectivity index (χ0n) is 11.2. The molecule has 0 aromatic rings.